The zero-order valence-electron chi connectivity index (χ0n) is 13.8. The van der Waals surface area contributed by atoms with E-state index in [2.05, 4.69) is 15.6 Å². The summed E-state index contributed by atoms with van der Waals surface area (Å²) in [7, 11) is 0. The van der Waals surface area contributed by atoms with Gasteiger partial charge in [-0.2, -0.15) is 8.78 Å². The smallest absolute Gasteiger partial charge is 0.387 e. The summed E-state index contributed by atoms with van der Waals surface area (Å²) in [4.78, 5) is 23.8. The number of benzene rings is 2. The molecule has 0 aromatic heterocycles. The van der Waals surface area contributed by atoms with E-state index in [9.17, 15) is 18.4 Å². The Hall–Kier alpha value is -3.62. The minimum Gasteiger partial charge on any atom is -0.454 e. The summed E-state index contributed by atoms with van der Waals surface area (Å²) in [6.07, 6.45) is 2.64. The van der Waals surface area contributed by atoms with Crippen molar-refractivity contribution in [2.24, 2.45) is 0 Å². The predicted octanol–water partition coefficient (Wildman–Crippen LogP) is 2.49. The number of rotatable bonds is 5. The summed E-state index contributed by atoms with van der Waals surface area (Å²) in [6.45, 7) is -2.80. The molecule has 7 nitrogen and oxygen atoms in total. The van der Waals surface area contributed by atoms with E-state index in [1.54, 1.807) is 6.07 Å². The van der Waals surface area contributed by atoms with Crippen molar-refractivity contribution in [2.75, 3.05) is 6.79 Å². The molecule has 0 fully saturated rings. The monoisotopic (exact) mass is 376 g/mol. The average molecular weight is 376 g/mol. The summed E-state index contributed by atoms with van der Waals surface area (Å²) in [6, 6.07) is 10.4. The molecule has 1 aliphatic heterocycles. The maximum absolute atomic E-state index is 12.1. The quantitative estimate of drug-likeness (QED) is 0.619. The van der Waals surface area contributed by atoms with Gasteiger partial charge in [-0.3, -0.25) is 20.4 Å². The van der Waals surface area contributed by atoms with Crippen molar-refractivity contribution in [1.82, 2.24) is 10.9 Å². The van der Waals surface area contributed by atoms with Crippen LogP contribution in [-0.2, 0) is 4.79 Å². The Labute approximate surface area is 152 Å². The van der Waals surface area contributed by atoms with E-state index in [0.29, 0.717) is 17.1 Å². The third-order valence-corrected chi connectivity index (χ3v) is 3.47. The van der Waals surface area contributed by atoms with Gasteiger partial charge in [-0.1, -0.05) is 12.1 Å². The molecule has 3 rings (SSSR count). The summed E-state index contributed by atoms with van der Waals surface area (Å²) in [5.41, 5.74) is 5.38. The highest BCUT2D eigenvalue weighted by Gasteiger charge is 2.16. The van der Waals surface area contributed by atoms with Crippen molar-refractivity contribution < 1.29 is 32.6 Å². The molecule has 0 atom stereocenters. The van der Waals surface area contributed by atoms with Crippen molar-refractivity contribution in [2.45, 2.75) is 6.61 Å². The highest BCUT2D eigenvalue weighted by molar-refractivity contribution is 5.98. The summed E-state index contributed by atoms with van der Waals surface area (Å²) in [5, 5.41) is 0. The molecule has 0 unspecified atom stereocenters. The fourth-order valence-corrected chi connectivity index (χ4v) is 2.20. The summed E-state index contributed by atoms with van der Waals surface area (Å²) < 4.78 is 38.7. The Kier molecular flexibility index (Phi) is 5.50. The van der Waals surface area contributed by atoms with E-state index >= 15 is 0 Å². The number of hydrogen-bond acceptors (Lipinski definition) is 5. The first-order valence-electron chi connectivity index (χ1n) is 7.74. The molecule has 0 saturated heterocycles. The number of carbonyl (C=O) groups is 2. The second-order valence-corrected chi connectivity index (χ2v) is 5.29. The number of hydrazine groups is 1. The number of alkyl halides is 2. The van der Waals surface area contributed by atoms with Crippen molar-refractivity contribution in [1.29, 1.82) is 0 Å². The van der Waals surface area contributed by atoms with Gasteiger partial charge in [0.2, 0.25) is 6.79 Å². The second-order valence-electron chi connectivity index (χ2n) is 5.29. The van der Waals surface area contributed by atoms with Gasteiger partial charge >= 0.3 is 6.61 Å². The maximum atomic E-state index is 12.1. The van der Waals surface area contributed by atoms with Crippen molar-refractivity contribution in [3.05, 3.63) is 59.7 Å². The minimum absolute atomic E-state index is 0.0163. The first kappa shape index (κ1) is 18.2. The molecular weight excluding hydrogens is 362 g/mol. The Bertz CT molecular complexity index is 869. The third kappa shape index (κ3) is 4.94. The number of ether oxygens (including phenoxy) is 3. The zero-order valence-corrected chi connectivity index (χ0v) is 13.8. The fourth-order valence-electron chi connectivity index (χ4n) is 2.20. The normalized spacial score (nSPS) is 12.3. The van der Waals surface area contributed by atoms with Crippen LogP contribution in [0.5, 0.6) is 17.2 Å². The molecule has 2 amide bonds. The average Bonchev–Trinajstić information content (AvgIpc) is 3.13. The molecular formula is C18H14F2N2O5. The largest absolute Gasteiger partial charge is 0.454 e. The van der Waals surface area contributed by atoms with Gasteiger partial charge in [0.05, 0.1) is 0 Å². The Morgan fingerprint density at radius 3 is 2.52 bits per heavy atom. The third-order valence-electron chi connectivity index (χ3n) is 3.47. The van der Waals surface area contributed by atoms with E-state index in [4.69, 9.17) is 9.47 Å². The van der Waals surface area contributed by atoms with Gasteiger partial charge in [0.15, 0.2) is 11.5 Å². The molecule has 9 heteroatoms. The molecule has 1 heterocycles. The minimum atomic E-state index is -2.90. The molecule has 2 N–H and O–H groups in total. The van der Waals surface area contributed by atoms with Crippen LogP contribution in [0.15, 0.2) is 48.5 Å². The van der Waals surface area contributed by atoms with E-state index in [-0.39, 0.29) is 18.1 Å². The van der Waals surface area contributed by atoms with Crippen LogP contribution >= 0.6 is 0 Å². The standard InChI is InChI=1S/C18H14F2N2O5/c19-18(20)27-13-5-1-11(2-6-13)3-8-16(23)21-22-17(24)12-4-7-14-15(9-12)26-10-25-14/h1-9,18H,10H2,(H,21,23)(H,22,24). The molecule has 0 radical (unpaired) electrons. The lowest BCUT2D eigenvalue weighted by atomic mass is 10.2. The lowest BCUT2D eigenvalue weighted by molar-refractivity contribution is -0.117. The molecule has 0 saturated carbocycles. The molecule has 27 heavy (non-hydrogen) atoms. The van der Waals surface area contributed by atoms with Crippen LogP contribution in [0.25, 0.3) is 6.08 Å². The Balaban J connectivity index is 1.50. The van der Waals surface area contributed by atoms with E-state index in [0.717, 1.165) is 0 Å². The van der Waals surface area contributed by atoms with Crippen molar-refractivity contribution >= 4 is 17.9 Å². The van der Waals surface area contributed by atoms with Gasteiger partial charge in [-0.15, -0.1) is 0 Å². The number of carbonyl (C=O) groups excluding carboxylic acids is 2. The number of hydrogen-bond donors (Lipinski definition) is 2. The van der Waals surface area contributed by atoms with Crippen LogP contribution in [0, 0.1) is 0 Å². The van der Waals surface area contributed by atoms with Crippen LogP contribution in [0.1, 0.15) is 15.9 Å². The summed E-state index contributed by atoms with van der Waals surface area (Å²) in [5.74, 6) is -0.0835. The SMILES string of the molecule is O=C(C=Cc1ccc(OC(F)F)cc1)NNC(=O)c1ccc2c(c1)OCO2. The van der Waals surface area contributed by atoms with Crippen LogP contribution in [-0.4, -0.2) is 25.2 Å². The molecule has 1 aliphatic rings. The lowest BCUT2D eigenvalue weighted by Gasteiger charge is -2.06. The van der Waals surface area contributed by atoms with Crippen LogP contribution in [0.2, 0.25) is 0 Å². The molecule has 0 bridgehead atoms. The van der Waals surface area contributed by atoms with E-state index in [1.807, 2.05) is 0 Å². The van der Waals surface area contributed by atoms with Crippen molar-refractivity contribution in [3.8, 4) is 17.2 Å². The zero-order chi connectivity index (χ0) is 19.2. The van der Waals surface area contributed by atoms with E-state index < -0.39 is 18.4 Å². The van der Waals surface area contributed by atoms with Gasteiger partial charge in [-0.05, 0) is 42.0 Å². The second kappa shape index (κ2) is 8.17. The number of nitrogens with one attached hydrogen (secondary N) is 2. The highest BCUT2D eigenvalue weighted by Crippen LogP contribution is 2.32. The molecule has 140 valence electrons. The van der Waals surface area contributed by atoms with Gasteiger partial charge in [0.1, 0.15) is 5.75 Å². The predicted molar refractivity (Wildman–Crippen MR) is 90.3 cm³/mol. The van der Waals surface area contributed by atoms with Crippen LogP contribution < -0.4 is 25.1 Å². The van der Waals surface area contributed by atoms with Gasteiger partial charge in [-0.25, -0.2) is 0 Å². The molecule has 2 aromatic carbocycles. The lowest BCUT2D eigenvalue weighted by Crippen LogP contribution is -2.40. The fraction of sp³-hybridized carbons (Fsp3) is 0.111. The first-order valence-corrected chi connectivity index (χ1v) is 7.74. The Morgan fingerprint density at radius 2 is 1.78 bits per heavy atom. The van der Waals surface area contributed by atoms with Crippen LogP contribution in [0.4, 0.5) is 8.78 Å². The molecule has 0 aliphatic carbocycles. The van der Waals surface area contributed by atoms with E-state index in [1.165, 1.54) is 48.6 Å². The topological polar surface area (TPSA) is 85.9 Å². The van der Waals surface area contributed by atoms with Crippen LogP contribution in [0.3, 0.4) is 0 Å². The highest BCUT2D eigenvalue weighted by atomic mass is 19.3. The summed E-state index contributed by atoms with van der Waals surface area (Å²) >= 11 is 0. The number of halogens is 2. The van der Waals surface area contributed by atoms with Gasteiger partial charge in [0, 0.05) is 11.6 Å². The molecule has 0 spiro atoms. The molecule has 2 aromatic rings. The first-order chi connectivity index (χ1) is 13.0. The maximum Gasteiger partial charge on any atom is 0.387 e. The van der Waals surface area contributed by atoms with Crippen molar-refractivity contribution in [3.63, 3.8) is 0 Å². The van der Waals surface area contributed by atoms with Gasteiger partial charge < -0.3 is 14.2 Å². The number of amides is 2. The number of fused-ring (bicyclic) bond motifs is 1. The van der Waals surface area contributed by atoms with Gasteiger partial charge in [0.25, 0.3) is 11.8 Å². The Morgan fingerprint density at radius 1 is 1.04 bits per heavy atom.